The first-order chi connectivity index (χ1) is 21.5. The number of fused-ring (bicyclic) bond motifs is 4. The molecule has 3 aromatic rings. The second kappa shape index (κ2) is 12.3. The van der Waals surface area contributed by atoms with Crippen LogP contribution in [0.15, 0.2) is 71.9 Å². The van der Waals surface area contributed by atoms with Gasteiger partial charge in [-0.2, -0.15) is 0 Å². The van der Waals surface area contributed by atoms with Crippen molar-refractivity contribution in [3.05, 3.63) is 83.2 Å². The number of likely N-dealkylation sites (tertiary alicyclic amines) is 1. The Bertz CT molecular complexity index is 1620. The summed E-state index contributed by atoms with van der Waals surface area (Å²) in [6.45, 7) is 0.902. The van der Waals surface area contributed by atoms with Crippen molar-refractivity contribution in [2.75, 3.05) is 20.3 Å². The van der Waals surface area contributed by atoms with E-state index < -0.39 is 0 Å². The van der Waals surface area contributed by atoms with E-state index in [0.717, 1.165) is 65.3 Å². The Morgan fingerprint density at radius 1 is 1.00 bits per heavy atom. The Kier molecular flexibility index (Phi) is 8.08. The monoisotopic (exact) mass is 592 g/mol. The van der Waals surface area contributed by atoms with Gasteiger partial charge in [-0.1, -0.05) is 55.7 Å². The molecule has 1 N–H and O–H groups in total. The number of allylic oxidation sites excluding steroid dienone is 1. The van der Waals surface area contributed by atoms with Crippen molar-refractivity contribution in [2.45, 2.75) is 63.5 Å². The van der Waals surface area contributed by atoms with Crippen molar-refractivity contribution in [1.82, 2.24) is 9.88 Å². The first-order valence-electron chi connectivity index (χ1n) is 16.1. The summed E-state index contributed by atoms with van der Waals surface area (Å²) in [5, 5.41) is 12.2. The van der Waals surface area contributed by atoms with Crippen molar-refractivity contribution in [2.24, 2.45) is 17.8 Å². The minimum atomic E-state index is -0.334. The molecule has 2 aliphatic heterocycles. The number of carbonyl (C=O) groups is 2. The molecule has 4 atom stereocenters. The number of carbonyl (C=O) groups excluding carboxylic acids is 2. The molecule has 0 spiro atoms. The predicted octanol–water partition coefficient (Wildman–Crippen LogP) is 6.56. The number of methoxy groups -OCH3 is 1. The summed E-state index contributed by atoms with van der Waals surface area (Å²) in [5.41, 5.74) is 5.29. The third-order valence-corrected chi connectivity index (χ3v) is 10.2. The molecule has 7 nitrogen and oxygen atoms in total. The highest BCUT2D eigenvalue weighted by atomic mass is 16.5. The van der Waals surface area contributed by atoms with E-state index in [2.05, 4.69) is 11.1 Å². The summed E-state index contributed by atoms with van der Waals surface area (Å²) in [7, 11) is 1.69. The van der Waals surface area contributed by atoms with Crippen molar-refractivity contribution in [3.63, 3.8) is 0 Å². The van der Waals surface area contributed by atoms with E-state index in [9.17, 15) is 14.7 Å². The standard InChI is InChI=1S/C37H40N2O5/c1-43-21-25-20-29-35(37(42)39(36(29)41)26-9-3-2-4-10-26)30-22-44-33(34(25)30)17-15-24(31-13-7-8-18-38-31)19-23-14-16-32(40)28-12-6-5-11-27(23)28/h5-8,11-14,16,18-19,26,29-30,33,35,40H,2-4,9-10,15,17,20-22H2,1H3/b24-19-/t29-,30+,33-,35-/m1/s1. The Hall–Kier alpha value is -3.81. The highest BCUT2D eigenvalue weighted by Gasteiger charge is 2.58. The van der Waals surface area contributed by atoms with Gasteiger partial charge < -0.3 is 14.6 Å². The molecule has 0 bridgehead atoms. The van der Waals surface area contributed by atoms with Crippen LogP contribution in [-0.2, 0) is 19.1 Å². The number of nitrogens with zero attached hydrogens (tertiary/aromatic N) is 2. The quantitative estimate of drug-likeness (QED) is 0.236. The zero-order chi connectivity index (χ0) is 30.2. The maximum atomic E-state index is 13.9. The van der Waals surface area contributed by atoms with Gasteiger partial charge in [0, 0.05) is 30.7 Å². The van der Waals surface area contributed by atoms with Crippen LogP contribution < -0.4 is 0 Å². The molecule has 2 aliphatic carbocycles. The highest BCUT2D eigenvalue weighted by molar-refractivity contribution is 6.06. The van der Waals surface area contributed by atoms with Gasteiger partial charge in [0.05, 0.1) is 36.8 Å². The van der Waals surface area contributed by atoms with Gasteiger partial charge in [0.15, 0.2) is 0 Å². The zero-order valence-corrected chi connectivity index (χ0v) is 25.3. The second-order valence-corrected chi connectivity index (χ2v) is 12.7. The fraction of sp³-hybridized carbons (Fsp3) is 0.432. The topological polar surface area (TPSA) is 89.0 Å². The SMILES string of the molecule is COCC1=C2[C@@H](CC/C(=C/c3ccc(O)c4ccccc34)c3ccccn3)OC[C@@H]2[C@@H]2C(=O)N(C3CCCCC3)C(=O)[C@@H]2C1. The van der Waals surface area contributed by atoms with Gasteiger partial charge in [0.1, 0.15) is 5.75 Å². The molecule has 3 fully saturated rings. The lowest BCUT2D eigenvalue weighted by Gasteiger charge is -2.31. The Labute approximate surface area is 258 Å². The lowest BCUT2D eigenvalue weighted by molar-refractivity contribution is -0.143. The van der Waals surface area contributed by atoms with Crippen LogP contribution in [-0.4, -0.2) is 59.3 Å². The van der Waals surface area contributed by atoms with Crippen LogP contribution in [0.2, 0.25) is 0 Å². The molecule has 1 saturated carbocycles. The number of pyridine rings is 1. The molecule has 0 radical (unpaired) electrons. The fourth-order valence-electron chi connectivity index (χ4n) is 8.24. The smallest absolute Gasteiger partial charge is 0.234 e. The van der Waals surface area contributed by atoms with Crippen LogP contribution in [0.4, 0.5) is 0 Å². The molecule has 2 aromatic carbocycles. The third-order valence-electron chi connectivity index (χ3n) is 10.2. The Balaban J connectivity index is 1.18. The second-order valence-electron chi connectivity index (χ2n) is 12.7. The van der Waals surface area contributed by atoms with Gasteiger partial charge in [-0.25, -0.2) is 0 Å². The number of imide groups is 1. The number of rotatable bonds is 8. The third kappa shape index (κ3) is 5.16. The summed E-state index contributed by atoms with van der Waals surface area (Å²) in [5.74, 6) is -0.431. The molecular weight excluding hydrogens is 552 g/mol. The molecule has 228 valence electrons. The average Bonchev–Trinajstić information content (AvgIpc) is 3.59. The number of hydrogen-bond acceptors (Lipinski definition) is 6. The number of phenolic OH excluding ortho intramolecular Hbond substituents is 1. The van der Waals surface area contributed by atoms with Crippen molar-refractivity contribution >= 4 is 34.2 Å². The van der Waals surface area contributed by atoms with Crippen molar-refractivity contribution in [3.8, 4) is 5.75 Å². The molecule has 3 heterocycles. The maximum Gasteiger partial charge on any atom is 0.234 e. The summed E-state index contributed by atoms with van der Waals surface area (Å²) in [6.07, 6.45) is 11.0. The summed E-state index contributed by atoms with van der Waals surface area (Å²) < 4.78 is 12.1. The van der Waals surface area contributed by atoms with Crippen LogP contribution in [0, 0.1) is 17.8 Å². The van der Waals surface area contributed by atoms with E-state index in [1.807, 2.05) is 54.7 Å². The molecular formula is C37H40N2O5. The predicted molar refractivity (Wildman–Crippen MR) is 169 cm³/mol. The maximum absolute atomic E-state index is 13.9. The molecule has 2 saturated heterocycles. The van der Waals surface area contributed by atoms with Crippen LogP contribution in [0.3, 0.4) is 0 Å². The highest BCUT2D eigenvalue weighted by Crippen LogP contribution is 2.51. The molecule has 2 amide bonds. The van der Waals surface area contributed by atoms with Gasteiger partial charge in [-0.3, -0.25) is 19.5 Å². The number of benzene rings is 2. The van der Waals surface area contributed by atoms with Crippen molar-refractivity contribution in [1.29, 1.82) is 0 Å². The van der Waals surface area contributed by atoms with E-state index in [1.165, 1.54) is 12.0 Å². The zero-order valence-electron chi connectivity index (χ0n) is 25.3. The van der Waals surface area contributed by atoms with Gasteiger partial charge in [-0.15, -0.1) is 0 Å². The number of amides is 2. The van der Waals surface area contributed by atoms with E-state index in [-0.39, 0.29) is 47.5 Å². The lowest BCUT2D eigenvalue weighted by Crippen LogP contribution is -2.42. The molecule has 7 rings (SSSR count). The largest absolute Gasteiger partial charge is 0.507 e. The summed E-state index contributed by atoms with van der Waals surface area (Å²) in [6, 6.07) is 17.5. The average molecular weight is 593 g/mol. The molecule has 1 aromatic heterocycles. The molecule has 4 aliphatic rings. The van der Waals surface area contributed by atoms with E-state index in [1.54, 1.807) is 18.1 Å². The summed E-state index contributed by atoms with van der Waals surface area (Å²) in [4.78, 5) is 33.9. The number of ether oxygens (including phenoxy) is 2. The van der Waals surface area contributed by atoms with E-state index in [0.29, 0.717) is 26.1 Å². The first-order valence-corrected chi connectivity index (χ1v) is 16.1. The van der Waals surface area contributed by atoms with Gasteiger partial charge in [0.2, 0.25) is 11.8 Å². The minimum Gasteiger partial charge on any atom is -0.507 e. The lowest BCUT2D eigenvalue weighted by atomic mass is 9.69. The van der Waals surface area contributed by atoms with Gasteiger partial charge >= 0.3 is 0 Å². The molecule has 7 heteroatoms. The first kappa shape index (κ1) is 28.9. The van der Waals surface area contributed by atoms with Gasteiger partial charge in [-0.05, 0) is 84.0 Å². The number of phenols is 1. The molecule has 44 heavy (non-hydrogen) atoms. The Morgan fingerprint density at radius 2 is 1.80 bits per heavy atom. The van der Waals surface area contributed by atoms with E-state index >= 15 is 0 Å². The number of aromatic hydroxyl groups is 1. The van der Waals surface area contributed by atoms with Crippen LogP contribution in [0.25, 0.3) is 22.4 Å². The summed E-state index contributed by atoms with van der Waals surface area (Å²) >= 11 is 0. The number of aromatic nitrogens is 1. The van der Waals surface area contributed by atoms with Crippen LogP contribution in [0.1, 0.15) is 62.6 Å². The van der Waals surface area contributed by atoms with Crippen LogP contribution in [0.5, 0.6) is 5.75 Å². The normalized spacial score (nSPS) is 26.0. The molecule has 0 unspecified atom stereocenters. The fourth-order valence-corrected chi connectivity index (χ4v) is 8.24. The van der Waals surface area contributed by atoms with Crippen molar-refractivity contribution < 1.29 is 24.2 Å². The minimum absolute atomic E-state index is 0.0170. The number of hydrogen-bond donors (Lipinski definition) is 1. The van der Waals surface area contributed by atoms with Crippen LogP contribution >= 0.6 is 0 Å². The van der Waals surface area contributed by atoms with Gasteiger partial charge in [0.25, 0.3) is 0 Å². The van der Waals surface area contributed by atoms with E-state index in [4.69, 9.17) is 9.47 Å². The Morgan fingerprint density at radius 3 is 2.57 bits per heavy atom.